The molecule has 0 spiro atoms. The van der Waals surface area contributed by atoms with E-state index in [9.17, 15) is 9.59 Å². The molecule has 1 N–H and O–H groups in total. The maximum atomic E-state index is 11.7. The molecule has 0 aliphatic rings. The molecule has 3 rings (SSSR count). The van der Waals surface area contributed by atoms with Gasteiger partial charge in [-0.2, -0.15) is 0 Å². The van der Waals surface area contributed by atoms with Crippen LogP contribution in [0, 0.1) is 0 Å². The Morgan fingerprint density at radius 1 is 1.05 bits per heavy atom. The number of thiophene rings is 1. The van der Waals surface area contributed by atoms with Crippen LogP contribution in [0.15, 0.2) is 51.4 Å². The molecule has 20 heavy (non-hydrogen) atoms. The van der Waals surface area contributed by atoms with Gasteiger partial charge in [-0.3, -0.25) is 9.59 Å². The number of benzene rings is 1. The second kappa shape index (κ2) is 5.23. The highest BCUT2D eigenvalue weighted by Gasteiger charge is 2.21. The van der Waals surface area contributed by atoms with Crippen LogP contribution in [0.5, 0.6) is 0 Å². The molecule has 1 heterocycles. The minimum Gasteiger partial charge on any atom is -0.376 e. The third-order valence-corrected chi connectivity index (χ3v) is 4.19. The Kier molecular flexibility index (Phi) is 3.42. The van der Waals surface area contributed by atoms with Gasteiger partial charge in [0.1, 0.15) is 0 Å². The minimum absolute atomic E-state index is 0.394. The second-order valence-corrected chi connectivity index (χ2v) is 5.82. The van der Waals surface area contributed by atoms with Gasteiger partial charge >= 0.3 is 0 Å². The second-order valence-electron chi connectivity index (χ2n) is 4.35. The smallest absolute Gasteiger partial charge is 0.250 e. The lowest BCUT2D eigenvalue weighted by Gasteiger charge is -2.12. The molecule has 0 atom stereocenters. The first-order valence-electron chi connectivity index (χ1n) is 6.02. The molecule has 1 aromatic heterocycles. The topological polar surface area (TPSA) is 46.2 Å². The molecule has 0 aliphatic carbocycles. The fourth-order valence-corrected chi connectivity index (χ4v) is 2.81. The zero-order chi connectivity index (χ0) is 14.1. The highest BCUT2D eigenvalue weighted by molar-refractivity contribution is 7.09. The normalized spacial score (nSPS) is 10.8. The van der Waals surface area contributed by atoms with Crippen molar-refractivity contribution < 1.29 is 0 Å². The number of rotatable bonds is 4. The number of hydrogen-bond donors (Lipinski definition) is 1. The fourth-order valence-electron chi connectivity index (χ4n) is 2.04. The van der Waals surface area contributed by atoms with Crippen molar-refractivity contribution >= 4 is 28.6 Å². The summed E-state index contributed by atoms with van der Waals surface area (Å²) in [5, 5.41) is 5.62. The molecule has 0 saturated carbocycles. The summed E-state index contributed by atoms with van der Waals surface area (Å²) in [6.07, 6.45) is 0. The van der Waals surface area contributed by atoms with Crippen LogP contribution in [0.25, 0.3) is 11.1 Å². The standard InChI is InChI=1S/C15H10ClNO2S/c16-10-5-3-9(4-6-10)12-13(15(19)14(12)18)17-8-11-2-1-7-20-11/h1-7,17H,8H2. The molecule has 3 aromatic rings. The number of hydrogen-bond acceptors (Lipinski definition) is 4. The van der Waals surface area contributed by atoms with E-state index in [1.807, 2.05) is 17.5 Å². The van der Waals surface area contributed by atoms with Gasteiger partial charge in [0.05, 0.1) is 11.3 Å². The van der Waals surface area contributed by atoms with Crippen molar-refractivity contribution in [1.82, 2.24) is 0 Å². The van der Waals surface area contributed by atoms with Gasteiger partial charge in [-0.1, -0.05) is 29.8 Å². The third-order valence-electron chi connectivity index (χ3n) is 3.06. The van der Waals surface area contributed by atoms with Gasteiger partial charge in [0.25, 0.3) is 0 Å². The van der Waals surface area contributed by atoms with Crippen LogP contribution in [0.3, 0.4) is 0 Å². The quantitative estimate of drug-likeness (QED) is 0.752. The van der Waals surface area contributed by atoms with Crippen molar-refractivity contribution in [3.63, 3.8) is 0 Å². The molecule has 0 bridgehead atoms. The van der Waals surface area contributed by atoms with E-state index in [2.05, 4.69) is 5.32 Å². The van der Waals surface area contributed by atoms with Crippen LogP contribution in [-0.2, 0) is 6.54 Å². The highest BCUT2D eigenvalue weighted by atomic mass is 35.5. The molecule has 0 saturated heterocycles. The summed E-state index contributed by atoms with van der Waals surface area (Å²) in [5.41, 5.74) is 0.661. The van der Waals surface area contributed by atoms with E-state index in [0.717, 1.165) is 4.88 Å². The van der Waals surface area contributed by atoms with E-state index in [4.69, 9.17) is 11.6 Å². The first-order chi connectivity index (χ1) is 9.66. The third kappa shape index (κ3) is 2.28. The molecule has 5 heteroatoms. The Bertz CT molecular complexity index is 800. The lowest BCUT2D eigenvalue weighted by Crippen LogP contribution is -2.36. The number of nitrogens with one attached hydrogen (secondary N) is 1. The van der Waals surface area contributed by atoms with Crippen LogP contribution >= 0.6 is 22.9 Å². The average molecular weight is 304 g/mol. The Balaban J connectivity index is 1.89. The van der Waals surface area contributed by atoms with Crippen LogP contribution < -0.4 is 16.2 Å². The van der Waals surface area contributed by atoms with Crippen molar-refractivity contribution in [1.29, 1.82) is 0 Å². The molecular weight excluding hydrogens is 294 g/mol. The number of halogens is 1. The van der Waals surface area contributed by atoms with Crippen molar-refractivity contribution in [2.75, 3.05) is 5.32 Å². The molecule has 100 valence electrons. The Morgan fingerprint density at radius 3 is 2.45 bits per heavy atom. The van der Waals surface area contributed by atoms with Crippen LogP contribution in [0.2, 0.25) is 5.02 Å². The average Bonchev–Trinajstić information content (AvgIpc) is 2.97. The molecule has 3 nitrogen and oxygen atoms in total. The summed E-state index contributed by atoms with van der Waals surface area (Å²) in [5.74, 6) is 0. The van der Waals surface area contributed by atoms with Gasteiger partial charge in [-0.25, -0.2) is 0 Å². The Labute approximate surface area is 124 Å². The fraction of sp³-hybridized carbons (Fsp3) is 0.0667. The van der Waals surface area contributed by atoms with Crippen molar-refractivity contribution in [2.45, 2.75) is 6.54 Å². The first kappa shape index (κ1) is 13.1. The monoisotopic (exact) mass is 303 g/mol. The zero-order valence-electron chi connectivity index (χ0n) is 10.4. The molecule has 0 fully saturated rings. The van der Waals surface area contributed by atoms with E-state index >= 15 is 0 Å². The van der Waals surface area contributed by atoms with Crippen molar-refractivity contribution in [3.05, 3.63) is 72.1 Å². The first-order valence-corrected chi connectivity index (χ1v) is 7.28. The van der Waals surface area contributed by atoms with E-state index in [1.54, 1.807) is 35.6 Å². The van der Waals surface area contributed by atoms with Gasteiger partial charge < -0.3 is 5.32 Å². The SMILES string of the molecule is O=c1c(NCc2cccs2)c(-c2ccc(Cl)cc2)c1=O. The van der Waals surface area contributed by atoms with Crippen LogP contribution in [0.1, 0.15) is 4.88 Å². The molecule has 0 radical (unpaired) electrons. The maximum Gasteiger partial charge on any atom is 0.250 e. The largest absolute Gasteiger partial charge is 0.376 e. The minimum atomic E-state index is -0.452. The lowest BCUT2D eigenvalue weighted by molar-refractivity contribution is 1.17. The lowest BCUT2D eigenvalue weighted by atomic mass is 9.98. The van der Waals surface area contributed by atoms with Gasteiger partial charge in [-0.15, -0.1) is 11.3 Å². The van der Waals surface area contributed by atoms with Crippen LogP contribution in [0.4, 0.5) is 5.69 Å². The van der Waals surface area contributed by atoms with Gasteiger partial charge in [0.15, 0.2) is 0 Å². The molecular formula is C15H10ClNO2S. The van der Waals surface area contributed by atoms with Gasteiger partial charge in [-0.05, 0) is 29.1 Å². The van der Waals surface area contributed by atoms with Crippen molar-refractivity contribution in [2.24, 2.45) is 0 Å². The summed E-state index contributed by atoms with van der Waals surface area (Å²) in [4.78, 5) is 24.5. The summed E-state index contributed by atoms with van der Waals surface area (Å²) >= 11 is 7.43. The summed E-state index contributed by atoms with van der Waals surface area (Å²) in [6.45, 7) is 0.545. The zero-order valence-corrected chi connectivity index (χ0v) is 11.9. The highest BCUT2D eigenvalue weighted by Crippen LogP contribution is 2.25. The van der Waals surface area contributed by atoms with Crippen molar-refractivity contribution in [3.8, 4) is 11.1 Å². The van der Waals surface area contributed by atoms with E-state index in [-0.39, 0.29) is 0 Å². The molecule has 0 amide bonds. The van der Waals surface area contributed by atoms with Gasteiger partial charge in [0, 0.05) is 16.4 Å². The molecule has 0 aliphatic heterocycles. The number of anilines is 1. The van der Waals surface area contributed by atoms with E-state index in [1.165, 1.54) is 0 Å². The maximum absolute atomic E-state index is 11.7. The predicted molar refractivity (Wildman–Crippen MR) is 83.4 cm³/mol. The molecule has 2 aromatic carbocycles. The summed E-state index contributed by atoms with van der Waals surface area (Å²) in [6, 6.07) is 10.8. The van der Waals surface area contributed by atoms with Gasteiger partial charge in [0.2, 0.25) is 10.9 Å². The van der Waals surface area contributed by atoms with Crippen LogP contribution in [-0.4, -0.2) is 0 Å². The predicted octanol–water partition coefficient (Wildman–Crippen LogP) is 3.28. The Morgan fingerprint density at radius 2 is 1.80 bits per heavy atom. The summed E-state index contributed by atoms with van der Waals surface area (Å²) < 4.78 is 0. The molecule has 0 unspecified atom stereocenters. The van der Waals surface area contributed by atoms with E-state index < -0.39 is 10.9 Å². The Hall–Kier alpha value is -1.91. The van der Waals surface area contributed by atoms with E-state index in [0.29, 0.717) is 28.4 Å². The summed E-state index contributed by atoms with van der Waals surface area (Å²) in [7, 11) is 0.